The number of hydrogen-bond acceptors (Lipinski definition) is 3. The summed E-state index contributed by atoms with van der Waals surface area (Å²) >= 11 is 12.1. The van der Waals surface area contributed by atoms with E-state index in [1.807, 2.05) is 0 Å². The fourth-order valence-electron chi connectivity index (χ4n) is 3.38. The second kappa shape index (κ2) is 9.68. The molecule has 1 unspecified atom stereocenters. The molecule has 11 heteroatoms. The summed E-state index contributed by atoms with van der Waals surface area (Å²) in [5.41, 5.74) is -0.0946. The maximum atomic E-state index is 13.8. The van der Waals surface area contributed by atoms with E-state index in [9.17, 15) is 22.0 Å². The normalized spacial score (nSPS) is 16.2. The highest BCUT2D eigenvalue weighted by Gasteiger charge is 2.33. The average molecular weight is 492 g/mol. The Hall–Kier alpha value is -1.94. The number of urea groups is 1. The number of amides is 2. The van der Waals surface area contributed by atoms with E-state index >= 15 is 0 Å². The monoisotopic (exact) mass is 491 g/mol. The van der Waals surface area contributed by atoms with E-state index in [4.69, 9.17) is 23.2 Å². The highest BCUT2D eigenvalue weighted by atomic mass is 35.5. The Labute approximate surface area is 189 Å². The lowest BCUT2D eigenvalue weighted by atomic mass is 10.1. The van der Waals surface area contributed by atoms with Crippen LogP contribution in [-0.2, 0) is 16.4 Å². The molecule has 1 aliphatic heterocycles. The molecule has 0 spiro atoms. The number of carbonyl (C=O) groups is 1. The number of rotatable bonds is 5. The Morgan fingerprint density at radius 3 is 2.10 bits per heavy atom. The summed E-state index contributed by atoms with van der Waals surface area (Å²) in [4.78, 5) is 13.8. The second-order valence-corrected chi connectivity index (χ2v) is 9.89. The van der Waals surface area contributed by atoms with Crippen LogP contribution in [0.1, 0.15) is 12.5 Å². The minimum atomic E-state index is -3.92. The topological polar surface area (TPSA) is 69.7 Å². The Kier molecular flexibility index (Phi) is 7.41. The molecule has 1 fully saturated rings. The number of sulfonamides is 1. The van der Waals surface area contributed by atoms with Crippen LogP contribution in [0.25, 0.3) is 0 Å². The summed E-state index contributed by atoms with van der Waals surface area (Å²) in [6.07, 6.45) is -0.0103. The molecule has 2 aromatic carbocycles. The van der Waals surface area contributed by atoms with Gasteiger partial charge in [0.05, 0.1) is 10.0 Å². The zero-order chi connectivity index (χ0) is 22.8. The first-order valence-corrected chi connectivity index (χ1v) is 11.7. The molecular weight excluding hydrogens is 471 g/mol. The number of nitrogens with zero attached hydrogens (tertiary/aromatic N) is 2. The lowest BCUT2D eigenvalue weighted by molar-refractivity contribution is 0.169. The molecule has 0 radical (unpaired) electrons. The Bertz CT molecular complexity index is 1040. The molecular formula is C20H21Cl2F2N3O3S. The van der Waals surface area contributed by atoms with Gasteiger partial charge in [0.25, 0.3) is 0 Å². The van der Waals surface area contributed by atoms with Crippen LogP contribution < -0.4 is 5.32 Å². The van der Waals surface area contributed by atoms with Crippen LogP contribution in [-0.4, -0.2) is 55.9 Å². The maximum absolute atomic E-state index is 13.8. The molecule has 168 valence electrons. The Balaban J connectivity index is 1.60. The SMILES string of the molecule is CC(Cc1c(F)cccc1F)NC(=O)N1CCN(S(=O)(=O)c2c(Cl)cccc2Cl)CC1. The fourth-order valence-corrected chi connectivity index (χ4v) is 5.89. The fraction of sp³-hybridized carbons (Fsp3) is 0.350. The molecule has 1 saturated heterocycles. The number of nitrogens with one attached hydrogen (secondary N) is 1. The van der Waals surface area contributed by atoms with Gasteiger partial charge in [-0.2, -0.15) is 4.31 Å². The largest absolute Gasteiger partial charge is 0.335 e. The van der Waals surface area contributed by atoms with Crippen LogP contribution in [0, 0.1) is 11.6 Å². The Morgan fingerprint density at radius 2 is 1.55 bits per heavy atom. The molecule has 0 aromatic heterocycles. The van der Waals surface area contributed by atoms with Gasteiger partial charge in [0.2, 0.25) is 10.0 Å². The number of halogens is 4. The van der Waals surface area contributed by atoms with Gasteiger partial charge in [-0.1, -0.05) is 35.3 Å². The molecule has 31 heavy (non-hydrogen) atoms. The highest BCUT2D eigenvalue weighted by molar-refractivity contribution is 7.89. The highest BCUT2D eigenvalue weighted by Crippen LogP contribution is 2.31. The van der Waals surface area contributed by atoms with Crippen molar-refractivity contribution in [3.8, 4) is 0 Å². The second-order valence-electron chi connectivity index (χ2n) is 7.20. The van der Waals surface area contributed by atoms with Crippen LogP contribution in [0.15, 0.2) is 41.3 Å². The molecule has 2 aromatic rings. The van der Waals surface area contributed by atoms with Gasteiger partial charge < -0.3 is 10.2 Å². The standard InChI is InChI=1S/C20H21Cl2F2N3O3S/c1-13(12-14-17(23)6-3-7-18(14)24)25-20(28)26-8-10-27(11-9-26)31(29,30)19-15(21)4-2-5-16(19)22/h2-7,13H,8-12H2,1H3,(H,25,28). The van der Waals surface area contributed by atoms with E-state index in [2.05, 4.69) is 5.32 Å². The minimum Gasteiger partial charge on any atom is -0.335 e. The van der Waals surface area contributed by atoms with Gasteiger partial charge in [0.15, 0.2) is 0 Å². The minimum absolute atomic E-state index is 0.0103. The zero-order valence-electron chi connectivity index (χ0n) is 16.6. The molecule has 0 aliphatic carbocycles. The van der Waals surface area contributed by atoms with Gasteiger partial charge in [0, 0.05) is 37.8 Å². The predicted molar refractivity (Wildman–Crippen MR) is 115 cm³/mol. The molecule has 2 amide bonds. The van der Waals surface area contributed by atoms with Gasteiger partial charge >= 0.3 is 6.03 Å². The van der Waals surface area contributed by atoms with Crippen molar-refractivity contribution >= 4 is 39.3 Å². The number of benzene rings is 2. The van der Waals surface area contributed by atoms with E-state index in [0.29, 0.717) is 0 Å². The van der Waals surface area contributed by atoms with Crippen LogP contribution >= 0.6 is 23.2 Å². The molecule has 1 atom stereocenters. The van der Waals surface area contributed by atoms with Crippen molar-refractivity contribution in [3.05, 3.63) is 63.6 Å². The zero-order valence-corrected chi connectivity index (χ0v) is 18.9. The summed E-state index contributed by atoms with van der Waals surface area (Å²) in [6, 6.07) is 7.10. The third-order valence-corrected chi connectivity index (χ3v) is 7.84. The van der Waals surface area contributed by atoms with Crippen molar-refractivity contribution in [2.45, 2.75) is 24.3 Å². The van der Waals surface area contributed by atoms with Crippen LogP contribution in [0.4, 0.5) is 13.6 Å². The van der Waals surface area contributed by atoms with Crippen LogP contribution in [0.5, 0.6) is 0 Å². The number of carbonyl (C=O) groups excluding carboxylic acids is 1. The molecule has 6 nitrogen and oxygen atoms in total. The van der Waals surface area contributed by atoms with Crippen molar-refractivity contribution in [3.63, 3.8) is 0 Å². The third-order valence-electron chi connectivity index (χ3n) is 4.98. The summed E-state index contributed by atoms with van der Waals surface area (Å²) in [6.45, 7) is 2.06. The van der Waals surface area contributed by atoms with Gasteiger partial charge in [-0.15, -0.1) is 0 Å². The van der Waals surface area contributed by atoms with Crippen molar-refractivity contribution in [2.24, 2.45) is 0 Å². The van der Waals surface area contributed by atoms with E-state index in [1.54, 1.807) is 13.0 Å². The van der Waals surface area contributed by atoms with Crippen molar-refractivity contribution in [2.75, 3.05) is 26.2 Å². The van der Waals surface area contributed by atoms with Crippen molar-refractivity contribution in [1.82, 2.24) is 14.5 Å². The van der Waals surface area contributed by atoms with Crippen molar-refractivity contribution in [1.29, 1.82) is 0 Å². The van der Waals surface area contributed by atoms with Gasteiger partial charge in [-0.05, 0) is 37.6 Å². The smallest absolute Gasteiger partial charge is 0.317 e. The van der Waals surface area contributed by atoms with Gasteiger partial charge in [-0.25, -0.2) is 22.0 Å². The summed E-state index contributed by atoms with van der Waals surface area (Å²) in [5.74, 6) is -1.34. The summed E-state index contributed by atoms with van der Waals surface area (Å²) in [5, 5.41) is 2.76. The molecule has 1 heterocycles. The molecule has 1 N–H and O–H groups in total. The van der Waals surface area contributed by atoms with E-state index in [1.165, 1.54) is 27.4 Å². The van der Waals surface area contributed by atoms with Gasteiger partial charge in [-0.3, -0.25) is 0 Å². The molecule has 0 bridgehead atoms. The Morgan fingerprint density at radius 1 is 1.03 bits per heavy atom. The quantitative estimate of drug-likeness (QED) is 0.688. The first-order chi connectivity index (χ1) is 14.6. The number of hydrogen-bond donors (Lipinski definition) is 1. The van der Waals surface area contributed by atoms with Gasteiger partial charge in [0.1, 0.15) is 16.5 Å². The van der Waals surface area contributed by atoms with Crippen LogP contribution in [0.3, 0.4) is 0 Å². The lowest BCUT2D eigenvalue weighted by Crippen LogP contribution is -2.54. The van der Waals surface area contributed by atoms with E-state index < -0.39 is 33.7 Å². The third kappa shape index (κ3) is 5.28. The molecule has 3 rings (SSSR count). The summed E-state index contributed by atoms with van der Waals surface area (Å²) in [7, 11) is -3.92. The maximum Gasteiger partial charge on any atom is 0.317 e. The molecule has 0 saturated carbocycles. The van der Waals surface area contributed by atoms with E-state index in [0.717, 1.165) is 12.1 Å². The van der Waals surface area contributed by atoms with Crippen LogP contribution in [0.2, 0.25) is 10.0 Å². The molecule has 1 aliphatic rings. The first kappa shape index (κ1) is 23.7. The van der Waals surface area contributed by atoms with E-state index in [-0.39, 0.29) is 53.1 Å². The predicted octanol–water partition coefficient (Wildman–Crippen LogP) is 3.92. The lowest BCUT2D eigenvalue weighted by Gasteiger charge is -2.34. The van der Waals surface area contributed by atoms with Crippen molar-refractivity contribution < 1.29 is 22.0 Å². The first-order valence-electron chi connectivity index (χ1n) is 9.53. The summed E-state index contributed by atoms with van der Waals surface area (Å²) < 4.78 is 54.7. The average Bonchev–Trinajstić information content (AvgIpc) is 2.70. The number of piperazine rings is 1.